The van der Waals surface area contributed by atoms with Gasteiger partial charge in [0.25, 0.3) is 5.91 Å². The third-order valence-electron chi connectivity index (χ3n) is 4.03. The molecule has 0 aliphatic heterocycles. The van der Waals surface area contributed by atoms with Crippen LogP contribution in [0.4, 0.5) is 5.69 Å². The molecular weight excluding hydrogens is 326 g/mol. The van der Waals surface area contributed by atoms with E-state index in [1.807, 2.05) is 62.4 Å². The smallest absolute Gasteiger partial charge is 0.267 e. The third kappa shape index (κ3) is 4.87. The van der Waals surface area contributed by atoms with Gasteiger partial charge in [-0.1, -0.05) is 37.3 Å². The molecule has 2 rings (SSSR count). The van der Waals surface area contributed by atoms with Gasteiger partial charge in [0.2, 0.25) is 0 Å². The second-order valence-electron chi connectivity index (χ2n) is 5.82. The highest BCUT2D eigenvalue weighted by Crippen LogP contribution is 2.21. The van der Waals surface area contributed by atoms with E-state index in [1.165, 1.54) is 6.20 Å². The summed E-state index contributed by atoms with van der Waals surface area (Å²) in [4.78, 5) is 12.4. The molecular formula is C21H23N3O2. The molecule has 0 aliphatic carbocycles. The van der Waals surface area contributed by atoms with E-state index in [9.17, 15) is 10.1 Å². The first kappa shape index (κ1) is 19.1. The number of ether oxygens (including phenoxy) is 1. The average molecular weight is 349 g/mol. The van der Waals surface area contributed by atoms with Gasteiger partial charge in [-0.3, -0.25) is 4.79 Å². The van der Waals surface area contributed by atoms with Crippen molar-refractivity contribution in [2.75, 3.05) is 12.4 Å². The van der Waals surface area contributed by atoms with Gasteiger partial charge in [0, 0.05) is 18.4 Å². The predicted molar refractivity (Wildman–Crippen MR) is 103 cm³/mol. The number of rotatable bonds is 7. The second kappa shape index (κ2) is 9.28. The Morgan fingerprint density at radius 1 is 1.27 bits per heavy atom. The Labute approximate surface area is 154 Å². The maximum atomic E-state index is 12.4. The highest BCUT2D eigenvalue weighted by molar-refractivity contribution is 6.07. The summed E-state index contributed by atoms with van der Waals surface area (Å²) in [5.74, 6) is 0.341. The molecule has 0 saturated carbocycles. The molecule has 134 valence electrons. The lowest BCUT2D eigenvalue weighted by Crippen LogP contribution is -2.18. The number of nitrogens with zero attached hydrogens (tertiary/aromatic N) is 1. The first-order chi connectivity index (χ1) is 12.6. The Morgan fingerprint density at radius 3 is 2.73 bits per heavy atom. The highest BCUT2D eigenvalue weighted by atomic mass is 16.5. The minimum Gasteiger partial charge on any atom is -0.497 e. The fourth-order valence-corrected chi connectivity index (χ4v) is 2.58. The highest BCUT2D eigenvalue weighted by Gasteiger charge is 2.12. The largest absolute Gasteiger partial charge is 0.497 e. The van der Waals surface area contributed by atoms with Gasteiger partial charge in [-0.2, -0.15) is 5.26 Å². The van der Waals surface area contributed by atoms with Gasteiger partial charge in [-0.05, 0) is 42.2 Å². The van der Waals surface area contributed by atoms with Crippen LogP contribution < -0.4 is 15.4 Å². The normalized spacial score (nSPS) is 10.8. The van der Waals surface area contributed by atoms with Crippen molar-refractivity contribution < 1.29 is 9.53 Å². The van der Waals surface area contributed by atoms with Crippen LogP contribution in [0.15, 0.2) is 54.2 Å². The second-order valence-corrected chi connectivity index (χ2v) is 5.82. The van der Waals surface area contributed by atoms with E-state index in [1.54, 1.807) is 7.11 Å². The number of nitrogens with one attached hydrogen (secondary N) is 2. The molecule has 0 heterocycles. The lowest BCUT2D eigenvalue weighted by Gasteiger charge is -2.12. The molecule has 2 aromatic carbocycles. The summed E-state index contributed by atoms with van der Waals surface area (Å²) in [6.45, 7) is 4.45. The van der Waals surface area contributed by atoms with E-state index in [2.05, 4.69) is 10.6 Å². The Balaban J connectivity index is 2.06. The van der Waals surface area contributed by atoms with Gasteiger partial charge in [-0.25, -0.2) is 0 Å². The Morgan fingerprint density at radius 2 is 2.04 bits per heavy atom. The Kier molecular flexibility index (Phi) is 6.81. The van der Waals surface area contributed by atoms with Crippen molar-refractivity contribution in [2.24, 2.45) is 0 Å². The average Bonchev–Trinajstić information content (AvgIpc) is 2.66. The van der Waals surface area contributed by atoms with Crippen LogP contribution in [0.25, 0.3) is 0 Å². The molecule has 0 aliphatic rings. The van der Waals surface area contributed by atoms with E-state index in [4.69, 9.17) is 4.74 Å². The van der Waals surface area contributed by atoms with Crippen molar-refractivity contribution in [3.05, 3.63) is 70.9 Å². The zero-order valence-electron chi connectivity index (χ0n) is 15.3. The van der Waals surface area contributed by atoms with Gasteiger partial charge in [0.05, 0.1) is 7.11 Å². The molecule has 0 aromatic heterocycles. The number of hydrogen-bond acceptors (Lipinski definition) is 4. The van der Waals surface area contributed by atoms with Crippen molar-refractivity contribution in [3.8, 4) is 11.8 Å². The first-order valence-corrected chi connectivity index (χ1v) is 8.45. The summed E-state index contributed by atoms with van der Waals surface area (Å²) >= 11 is 0. The zero-order chi connectivity index (χ0) is 18.9. The molecule has 0 bridgehead atoms. The number of amides is 1. The lowest BCUT2D eigenvalue weighted by molar-refractivity contribution is -0.112. The van der Waals surface area contributed by atoms with E-state index >= 15 is 0 Å². The number of carbonyl (C=O) groups is 1. The van der Waals surface area contributed by atoms with Crippen LogP contribution in [0, 0.1) is 18.3 Å². The monoisotopic (exact) mass is 349 g/mol. The molecule has 5 heteroatoms. The number of benzene rings is 2. The Hall–Kier alpha value is -3.26. The first-order valence-electron chi connectivity index (χ1n) is 8.45. The summed E-state index contributed by atoms with van der Waals surface area (Å²) in [5, 5.41) is 15.2. The maximum Gasteiger partial charge on any atom is 0.267 e. The van der Waals surface area contributed by atoms with Crippen LogP contribution in [0.3, 0.4) is 0 Å². The van der Waals surface area contributed by atoms with Crippen molar-refractivity contribution in [1.82, 2.24) is 5.32 Å². The molecule has 0 atom stereocenters. The molecule has 2 aromatic rings. The molecule has 0 saturated heterocycles. The van der Waals surface area contributed by atoms with E-state index in [0.717, 1.165) is 34.5 Å². The number of methoxy groups -OCH3 is 1. The molecule has 5 nitrogen and oxygen atoms in total. The van der Waals surface area contributed by atoms with Gasteiger partial charge in [0.15, 0.2) is 0 Å². The van der Waals surface area contributed by atoms with Crippen LogP contribution in [0.1, 0.15) is 23.6 Å². The maximum absolute atomic E-state index is 12.4. The summed E-state index contributed by atoms with van der Waals surface area (Å²) in [6, 6.07) is 15.4. The van der Waals surface area contributed by atoms with Crippen LogP contribution in [-0.4, -0.2) is 13.0 Å². The fourth-order valence-electron chi connectivity index (χ4n) is 2.58. The predicted octanol–water partition coefficient (Wildman–Crippen LogP) is 3.70. The summed E-state index contributed by atoms with van der Waals surface area (Å²) in [7, 11) is 1.61. The SMILES string of the molecule is CCc1cccc(C)c1NC(=O)/C(C#N)=C\NCc1cccc(OC)c1. The number of para-hydroxylation sites is 1. The number of aryl methyl sites for hydroxylation is 2. The topological polar surface area (TPSA) is 74.2 Å². The zero-order valence-corrected chi connectivity index (χ0v) is 15.3. The Bertz CT molecular complexity index is 851. The van der Waals surface area contributed by atoms with Crippen LogP contribution in [-0.2, 0) is 17.8 Å². The van der Waals surface area contributed by atoms with Crippen molar-refractivity contribution in [1.29, 1.82) is 5.26 Å². The van der Waals surface area contributed by atoms with Gasteiger partial charge >= 0.3 is 0 Å². The van der Waals surface area contributed by atoms with Crippen molar-refractivity contribution in [2.45, 2.75) is 26.8 Å². The number of nitriles is 1. The van der Waals surface area contributed by atoms with Crippen LogP contribution >= 0.6 is 0 Å². The number of carbonyl (C=O) groups excluding carboxylic acids is 1. The molecule has 0 radical (unpaired) electrons. The number of hydrogen-bond donors (Lipinski definition) is 2. The summed E-state index contributed by atoms with van der Waals surface area (Å²) in [5.41, 5.74) is 3.80. The third-order valence-corrected chi connectivity index (χ3v) is 4.03. The van der Waals surface area contributed by atoms with Crippen LogP contribution in [0.5, 0.6) is 5.75 Å². The quantitative estimate of drug-likeness (QED) is 0.590. The van der Waals surface area contributed by atoms with Gasteiger partial charge < -0.3 is 15.4 Å². The molecule has 2 N–H and O–H groups in total. The number of anilines is 1. The molecule has 0 spiro atoms. The standard InChI is InChI=1S/C21H23N3O2/c1-4-17-9-5-7-15(2)20(17)24-21(25)18(12-22)14-23-13-16-8-6-10-19(11-16)26-3/h5-11,14,23H,4,13H2,1-3H3,(H,24,25)/b18-14-. The van der Waals surface area contributed by atoms with Gasteiger partial charge in [0.1, 0.15) is 17.4 Å². The molecule has 26 heavy (non-hydrogen) atoms. The lowest BCUT2D eigenvalue weighted by atomic mass is 10.1. The van der Waals surface area contributed by atoms with E-state index in [0.29, 0.717) is 6.54 Å². The molecule has 1 amide bonds. The van der Waals surface area contributed by atoms with E-state index in [-0.39, 0.29) is 5.57 Å². The minimum atomic E-state index is -0.422. The molecule has 0 unspecified atom stereocenters. The van der Waals surface area contributed by atoms with Crippen molar-refractivity contribution in [3.63, 3.8) is 0 Å². The minimum absolute atomic E-state index is 0.0261. The van der Waals surface area contributed by atoms with Crippen molar-refractivity contribution >= 4 is 11.6 Å². The fraction of sp³-hybridized carbons (Fsp3) is 0.238. The summed E-state index contributed by atoms with van der Waals surface area (Å²) in [6.07, 6.45) is 2.25. The summed E-state index contributed by atoms with van der Waals surface area (Å²) < 4.78 is 5.18. The van der Waals surface area contributed by atoms with Crippen LogP contribution in [0.2, 0.25) is 0 Å². The molecule has 0 fully saturated rings. The van der Waals surface area contributed by atoms with Gasteiger partial charge in [-0.15, -0.1) is 0 Å². The van der Waals surface area contributed by atoms with E-state index < -0.39 is 5.91 Å².